The van der Waals surface area contributed by atoms with E-state index in [2.05, 4.69) is 10.3 Å². The van der Waals surface area contributed by atoms with E-state index in [0.717, 1.165) is 22.2 Å². The molecule has 0 aromatic heterocycles. The van der Waals surface area contributed by atoms with Crippen molar-refractivity contribution in [1.82, 2.24) is 10.2 Å². The number of aliphatic imine (C=N–C) groups is 1. The second kappa shape index (κ2) is 8.64. The third-order valence-corrected chi connectivity index (χ3v) is 6.36. The van der Waals surface area contributed by atoms with Gasteiger partial charge in [-0.3, -0.25) is 9.89 Å². The number of nitrogens with zero attached hydrogens (tertiary/aromatic N) is 2. The quantitative estimate of drug-likeness (QED) is 0.781. The Morgan fingerprint density at radius 1 is 1.42 bits per heavy atom. The lowest BCUT2D eigenvalue weighted by Gasteiger charge is -2.34. The summed E-state index contributed by atoms with van der Waals surface area (Å²) >= 11 is 3.26. The van der Waals surface area contributed by atoms with Gasteiger partial charge in [-0.1, -0.05) is 53.9 Å². The first kappa shape index (κ1) is 18.8. The minimum absolute atomic E-state index is 0.233. The standard InChI is InChI=1S/C18H21N3O3S2/c1-3-24-16(22)14-13(11-26-18-19-9-10-25-18)21(2)17(23)20-15(14)12-7-5-4-6-8-12/h4-8,15H,3,9-11H2,1-2H3,(H,20,23). The van der Waals surface area contributed by atoms with E-state index >= 15 is 0 Å². The van der Waals surface area contributed by atoms with Crippen LogP contribution < -0.4 is 5.32 Å². The molecule has 3 rings (SSSR count). The van der Waals surface area contributed by atoms with E-state index < -0.39 is 12.0 Å². The predicted molar refractivity (Wildman–Crippen MR) is 106 cm³/mol. The number of carbonyl (C=O) groups excluding carboxylic acids is 2. The van der Waals surface area contributed by atoms with Crippen LogP contribution in [-0.4, -0.2) is 53.0 Å². The van der Waals surface area contributed by atoms with E-state index in [1.165, 1.54) is 4.90 Å². The fourth-order valence-electron chi connectivity index (χ4n) is 2.81. The maximum atomic E-state index is 12.7. The van der Waals surface area contributed by atoms with Gasteiger partial charge in [-0.05, 0) is 12.5 Å². The van der Waals surface area contributed by atoms with Gasteiger partial charge in [0, 0.05) is 24.3 Å². The van der Waals surface area contributed by atoms with Crippen LogP contribution in [0.5, 0.6) is 0 Å². The second-order valence-electron chi connectivity index (χ2n) is 5.72. The number of thioether (sulfide) groups is 2. The molecule has 138 valence electrons. The van der Waals surface area contributed by atoms with E-state index in [0.29, 0.717) is 17.0 Å². The van der Waals surface area contributed by atoms with Crippen LogP contribution >= 0.6 is 23.5 Å². The SMILES string of the molecule is CCOC(=O)C1=C(CSC2=NCCS2)N(C)C(=O)NC1c1ccccc1. The van der Waals surface area contributed by atoms with Gasteiger partial charge in [0.2, 0.25) is 0 Å². The summed E-state index contributed by atoms with van der Waals surface area (Å²) in [6, 6.07) is 8.73. The molecular formula is C18H21N3O3S2. The van der Waals surface area contributed by atoms with Gasteiger partial charge < -0.3 is 10.1 Å². The van der Waals surface area contributed by atoms with Crippen molar-refractivity contribution in [2.24, 2.45) is 4.99 Å². The number of ether oxygens (including phenoxy) is 1. The Hall–Kier alpha value is -1.93. The average Bonchev–Trinajstić information content (AvgIpc) is 3.17. The van der Waals surface area contributed by atoms with E-state index in [4.69, 9.17) is 4.74 Å². The lowest BCUT2D eigenvalue weighted by atomic mass is 9.95. The monoisotopic (exact) mass is 391 g/mol. The van der Waals surface area contributed by atoms with Crippen LogP contribution in [0.3, 0.4) is 0 Å². The summed E-state index contributed by atoms with van der Waals surface area (Å²) in [6.45, 7) is 2.88. The molecule has 8 heteroatoms. The molecule has 1 unspecified atom stereocenters. The number of esters is 1. The molecule has 0 saturated carbocycles. The molecule has 2 heterocycles. The maximum absolute atomic E-state index is 12.7. The lowest BCUT2D eigenvalue weighted by Crippen LogP contribution is -2.47. The summed E-state index contributed by atoms with van der Waals surface area (Å²) in [5.74, 6) is 1.08. The van der Waals surface area contributed by atoms with Gasteiger partial charge in [0.15, 0.2) is 0 Å². The van der Waals surface area contributed by atoms with E-state index in [9.17, 15) is 9.59 Å². The zero-order chi connectivity index (χ0) is 18.5. The van der Waals surface area contributed by atoms with Crippen molar-refractivity contribution in [2.45, 2.75) is 13.0 Å². The number of rotatable bonds is 5. The summed E-state index contributed by atoms with van der Waals surface area (Å²) in [5, 5.41) is 2.91. The fourth-order valence-corrected chi connectivity index (χ4v) is 4.90. The molecule has 0 aliphatic carbocycles. The topological polar surface area (TPSA) is 71.0 Å². The molecule has 2 aliphatic rings. The normalized spacial score (nSPS) is 20.1. The molecule has 1 N–H and O–H groups in total. The molecular weight excluding hydrogens is 370 g/mol. The Balaban J connectivity index is 1.99. The first-order valence-corrected chi connectivity index (χ1v) is 10.4. The van der Waals surface area contributed by atoms with Gasteiger partial charge >= 0.3 is 12.0 Å². The number of urea groups is 1. The van der Waals surface area contributed by atoms with Crippen LogP contribution in [0.2, 0.25) is 0 Å². The summed E-state index contributed by atoms with van der Waals surface area (Å²) in [4.78, 5) is 31.2. The van der Waals surface area contributed by atoms with E-state index in [1.807, 2.05) is 30.3 Å². The third-order valence-electron chi connectivity index (χ3n) is 4.10. The number of nitrogens with one attached hydrogen (secondary N) is 1. The van der Waals surface area contributed by atoms with Crippen LogP contribution in [-0.2, 0) is 9.53 Å². The zero-order valence-corrected chi connectivity index (χ0v) is 16.4. The molecule has 1 aromatic carbocycles. The van der Waals surface area contributed by atoms with Crippen molar-refractivity contribution < 1.29 is 14.3 Å². The van der Waals surface area contributed by atoms with Crippen LogP contribution in [0.15, 0.2) is 46.6 Å². The highest BCUT2D eigenvalue weighted by molar-refractivity contribution is 8.39. The number of hydrogen-bond acceptors (Lipinski definition) is 6. The summed E-state index contributed by atoms with van der Waals surface area (Å²) in [6.07, 6.45) is 0. The average molecular weight is 392 g/mol. The maximum Gasteiger partial charge on any atom is 0.338 e. The first-order valence-electron chi connectivity index (χ1n) is 8.41. The molecule has 1 aromatic rings. The molecule has 2 amide bonds. The number of benzene rings is 1. The van der Waals surface area contributed by atoms with Gasteiger partial charge in [0.05, 0.1) is 24.8 Å². The van der Waals surface area contributed by atoms with Crippen LogP contribution in [0.1, 0.15) is 18.5 Å². The first-order chi connectivity index (χ1) is 12.6. The third kappa shape index (κ3) is 4.07. The Kier molecular flexibility index (Phi) is 6.26. The van der Waals surface area contributed by atoms with Crippen molar-refractivity contribution in [2.75, 3.05) is 31.7 Å². The highest BCUT2D eigenvalue weighted by Crippen LogP contribution is 2.34. The van der Waals surface area contributed by atoms with Gasteiger partial charge in [0.1, 0.15) is 4.38 Å². The molecule has 0 bridgehead atoms. The van der Waals surface area contributed by atoms with E-state index in [-0.39, 0.29) is 12.6 Å². The minimum atomic E-state index is -0.521. The smallest absolute Gasteiger partial charge is 0.338 e. The molecule has 0 saturated heterocycles. The number of hydrogen-bond donors (Lipinski definition) is 1. The highest BCUT2D eigenvalue weighted by atomic mass is 32.2. The summed E-state index contributed by atoms with van der Waals surface area (Å²) < 4.78 is 6.30. The van der Waals surface area contributed by atoms with Crippen molar-refractivity contribution in [3.8, 4) is 0 Å². The molecule has 2 aliphatic heterocycles. The number of carbonyl (C=O) groups is 2. The summed E-state index contributed by atoms with van der Waals surface area (Å²) in [7, 11) is 1.68. The van der Waals surface area contributed by atoms with Gasteiger partial charge in [-0.15, -0.1) is 0 Å². The Morgan fingerprint density at radius 2 is 2.19 bits per heavy atom. The van der Waals surface area contributed by atoms with Crippen molar-refractivity contribution in [3.05, 3.63) is 47.2 Å². The van der Waals surface area contributed by atoms with E-state index in [1.54, 1.807) is 37.5 Å². The van der Waals surface area contributed by atoms with Crippen molar-refractivity contribution in [3.63, 3.8) is 0 Å². The van der Waals surface area contributed by atoms with Gasteiger partial charge in [-0.25, -0.2) is 9.59 Å². The van der Waals surface area contributed by atoms with Gasteiger partial charge in [-0.2, -0.15) is 0 Å². The minimum Gasteiger partial charge on any atom is -0.463 e. The Labute approximate surface area is 161 Å². The molecule has 6 nitrogen and oxygen atoms in total. The molecule has 0 spiro atoms. The molecule has 0 radical (unpaired) electrons. The zero-order valence-electron chi connectivity index (χ0n) is 14.7. The fraction of sp³-hybridized carbons (Fsp3) is 0.389. The molecule has 0 fully saturated rings. The van der Waals surface area contributed by atoms with Crippen LogP contribution in [0.25, 0.3) is 0 Å². The van der Waals surface area contributed by atoms with Gasteiger partial charge in [0.25, 0.3) is 0 Å². The predicted octanol–water partition coefficient (Wildman–Crippen LogP) is 3.04. The summed E-state index contributed by atoms with van der Waals surface area (Å²) in [5.41, 5.74) is 2.00. The van der Waals surface area contributed by atoms with Crippen LogP contribution in [0, 0.1) is 0 Å². The second-order valence-corrected chi connectivity index (χ2v) is 8.02. The molecule has 26 heavy (non-hydrogen) atoms. The number of amides is 2. The Bertz CT molecular complexity index is 749. The lowest BCUT2D eigenvalue weighted by molar-refractivity contribution is -0.139. The highest BCUT2D eigenvalue weighted by Gasteiger charge is 2.36. The molecule has 1 atom stereocenters. The largest absolute Gasteiger partial charge is 0.463 e. The Morgan fingerprint density at radius 3 is 2.85 bits per heavy atom. The van der Waals surface area contributed by atoms with Crippen molar-refractivity contribution in [1.29, 1.82) is 0 Å². The van der Waals surface area contributed by atoms with Crippen molar-refractivity contribution >= 4 is 39.9 Å². The van der Waals surface area contributed by atoms with Crippen LogP contribution in [0.4, 0.5) is 4.79 Å².